The Labute approximate surface area is 140 Å². The molecule has 23 heavy (non-hydrogen) atoms. The molecule has 1 aromatic heterocycles. The second-order valence-corrected chi connectivity index (χ2v) is 6.08. The van der Waals surface area contributed by atoms with E-state index in [0.29, 0.717) is 23.3 Å². The van der Waals surface area contributed by atoms with Gasteiger partial charge in [0.1, 0.15) is 0 Å². The Morgan fingerprint density at radius 1 is 1.17 bits per heavy atom. The quantitative estimate of drug-likeness (QED) is 0.862. The van der Waals surface area contributed by atoms with Crippen LogP contribution in [0.3, 0.4) is 0 Å². The van der Waals surface area contributed by atoms with Crippen LogP contribution in [-0.2, 0) is 11.3 Å². The summed E-state index contributed by atoms with van der Waals surface area (Å²) in [4.78, 5) is 15.6. The summed E-state index contributed by atoms with van der Waals surface area (Å²) in [6, 6.07) is 7.31. The summed E-state index contributed by atoms with van der Waals surface area (Å²) >= 11 is 5.88. The fraction of sp³-hybridized carbons (Fsp3) is 0.438. The molecule has 1 aromatic carbocycles. The van der Waals surface area contributed by atoms with E-state index >= 15 is 0 Å². The van der Waals surface area contributed by atoms with Gasteiger partial charge in [-0.15, -0.1) is 10.2 Å². The molecule has 0 bridgehead atoms. The zero-order valence-electron chi connectivity index (χ0n) is 13.0. The van der Waals surface area contributed by atoms with Crippen LogP contribution in [-0.4, -0.2) is 52.1 Å². The summed E-state index contributed by atoms with van der Waals surface area (Å²) in [7, 11) is 0. The minimum absolute atomic E-state index is 0.134. The van der Waals surface area contributed by atoms with Gasteiger partial charge < -0.3 is 9.32 Å². The minimum atomic E-state index is 0.134. The van der Waals surface area contributed by atoms with Crippen molar-refractivity contribution < 1.29 is 9.21 Å². The Balaban J connectivity index is 1.62. The lowest BCUT2D eigenvalue weighted by molar-refractivity contribution is -0.128. The normalized spacial score (nSPS) is 16.3. The van der Waals surface area contributed by atoms with E-state index in [1.807, 2.05) is 17.0 Å². The van der Waals surface area contributed by atoms with Gasteiger partial charge >= 0.3 is 0 Å². The van der Waals surface area contributed by atoms with Gasteiger partial charge in [-0.25, -0.2) is 0 Å². The Morgan fingerprint density at radius 3 is 2.70 bits per heavy atom. The van der Waals surface area contributed by atoms with E-state index in [9.17, 15) is 4.79 Å². The van der Waals surface area contributed by atoms with Crippen molar-refractivity contribution in [3.63, 3.8) is 0 Å². The van der Waals surface area contributed by atoms with E-state index in [4.69, 9.17) is 16.0 Å². The van der Waals surface area contributed by atoms with Gasteiger partial charge in [-0.05, 0) is 30.7 Å². The second-order valence-electron chi connectivity index (χ2n) is 5.64. The molecular weight excluding hydrogens is 316 g/mol. The highest BCUT2D eigenvalue weighted by atomic mass is 35.5. The fourth-order valence-electron chi connectivity index (χ4n) is 2.66. The maximum absolute atomic E-state index is 11.5. The SMILES string of the molecule is CC(=O)N1CCCN(Cc2nnc(-c3ccc(Cl)cc3)o2)CC1. The predicted molar refractivity (Wildman–Crippen MR) is 86.9 cm³/mol. The molecule has 6 nitrogen and oxygen atoms in total. The molecule has 0 spiro atoms. The maximum Gasteiger partial charge on any atom is 0.247 e. The summed E-state index contributed by atoms with van der Waals surface area (Å²) in [5, 5.41) is 8.89. The first-order chi connectivity index (χ1) is 11.1. The lowest BCUT2D eigenvalue weighted by atomic mass is 10.2. The van der Waals surface area contributed by atoms with E-state index < -0.39 is 0 Å². The third kappa shape index (κ3) is 4.09. The van der Waals surface area contributed by atoms with Crippen molar-refractivity contribution in [1.29, 1.82) is 0 Å². The highest BCUT2D eigenvalue weighted by Gasteiger charge is 2.18. The predicted octanol–water partition coefficient (Wildman–Crippen LogP) is 2.44. The van der Waals surface area contributed by atoms with Crippen LogP contribution in [0.1, 0.15) is 19.2 Å². The van der Waals surface area contributed by atoms with Crippen molar-refractivity contribution in [1.82, 2.24) is 20.0 Å². The lowest BCUT2D eigenvalue weighted by Gasteiger charge is -2.19. The average Bonchev–Trinajstić information content (AvgIpc) is 2.86. The number of nitrogens with zero attached hydrogens (tertiary/aromatic N) is 4. The zero-order valence-corrected chi connectivity index (χ0v) is 13.8. The maximum atomic E-state index is 11.5. The summed E-state index contributed by atoms with van der Waals surface area (Å²) in [6.45, 7) is 5.51. The van der Waals surface area contributed by atoms with Gasteiger partial charge in [-0.2, -0.15) is 0 Å². The molecule has 0 aliphatic carbocycles. The van der Waals surface area contributed by atoms with Crippen LogP contribution in [0.5, 0.6) is 0 Å². The standard InChI is InChI=1S/C16H19ClN4O2/c1-12(22)21-8-2-7-20(9-10-21)11-15-18-19-16(23-15)13-3-5-14(17)6-4-13/h3-6H,2,7-11H2,1H3. The third-order valence-electron chi connectivity index (χ3n) is 3.95. The molecule has 0 unspecified atom stereocenters. The second kappa shape index (κ2) is 7.10. The van der Waals surface area contributed by atoms with Crippen LogP contribution >= 0.6 is 11.6 Å². The molecule has 2 heterocycles. The Hall–Kier alpha value is -1.92. The molecule has 3 rings (SSSR count). The molecule has 7 heteroatoms. The van der Waals surface area contributed by atoms with Crippen molar-refractivity contribution in [2.75, 3.05) is 26.2 Å². The molecule has 1 fully saturated rings. The van der Waals surface area contributed by atoms with Crippen molar-refractivity contribution in [2.24, 2.45) is 0 Å². The van der Waals surface area contributed by atoms with Crippen molar-refractivity contribution in [3.05, 3.63) is 35.2 Å². The van der Waals surface area contributed by atoms with E-state index in [2.05, 4.69) is 15.1 Å². The number of halogens is 1. The lowest BCUT2D eigenvalue weighted by Crippen LogP contribution is -2.33. The highest BCUT2D eigenvalue weighted by molar-refractivity contribution is 6.30. The van der Waals surface area contributed by atoms with Gasteiger partial charge in [0.05, 0.1) is 6.54 Å². The molecule has 0 N–H and O–H groups in total. The van der Waals surface area contributed by atoms with Crippen LogP contribution in [0.4, 0.5) is 0 Å². The Bertz CT molecular complexity index is 671. The third-order valence-corrected chi connectivity index (χ3v) is 4.20. The highest BCUT2D eigenvalue weighted by Crippen LogP contribution is 2.20. The number of carbonyl (C=O) groups is 1. The van der Waals surface area contributed by atoms with Gasteiger partial charge in [0.25, 0.3) is 0 Å². The largest absolute Gasteiger partial charge is 0.419 e. The number of aromatic nitrogens is 2. The minimum Gasteiger partial charge on any atom is -0.419 e. The fourth-order valence-corrected chi connectivity index (χ4v) is 2.79. The van der Waals surface area contributed by atoms with Gasteiger partial charge in [0.2, 0.25) is 17.7 Å². The van der Waals surface area contributed by atoms with Crippen molar-refractivity contribution in [2.45, 2.75) is 19.9 Å². The molecule has 2 aromatic rings. The molecule has 1 saturated heterocycles. The van der Waals surface area contributed by atoms with Gasteiger partial charge in [0.15, 0.2) is 0 Å². The van der Waals surface area contributed by atoms with Crippen LogP contribution in [0.15, 0.2) is 28.7 Å². The Morgan fingerprint density at radius 2 is 1.96 bits per heavy atom. The number of hydrogen-bond acceptors (Lipinski definition) is 5. The topological polar surface area (TPSA) is 62.5 Å². The smallest absolute Gasteiger partial charge is 0.247 e. The number of carbonyl (C=O) groups excluding carboxylic acids is 1. The summed E-state index contributed by atoms with van der Waals surface area (Å²) in [6.07, 6.45) is 0.956. The number of benzene rings is 1. The van der Waals surface area contributed by atoms with Gasteiger partial charge in [-0.1, -0.05) is 11.6 Å². The van der Waals surface area contributed by atoms with E-state index in [1.54, 1.807) is 19.1 Å². The summed E-state index contributed by atoms with van der Waals surface area (Å²) < 4.78 is 5.74. The Kier molecular flexibility index (Phi) is 4.93. The molecule has 0 saturated carbocycles. The molecule has 122 valence electrons. The van der Waals surface area contributed by atoms with Crippen molar-refractivity contribution in [3.8, 4) is 11.5 Å². The molecule has 0 radical (unpaired) electrons. The van der Waals surface area contributed by atoms with Gasteiger partial charge in [-0.3, -0.25) is 9.69 Å². The van der Waals surface area contributed by atoms with Crippen LogP contribution < -0.4 is 0 Å². The first-order valence-corrected chi connectivity index (χ1v) is 8.06. The monoisotopic (exact) mass is 334 g/mol. The first kappa shape index (κ1) is 16.0. The average molecular weight is 335 g/mol. The van der Waals surface area contributed by atoms with Crippen LogP contribution in [0.25, 0.3) is 11.5 Å². The molecular formula is C16H19ClN4O2. The molecule has 1 aliphatic heterocycles. The number of rotatable bonds is 3. The van der Waals surface area contributed by atoms with Crippen LogP contribution in [0, 0.1) is 0 Å². The van der Waals surface area contributed by atoms with Crippen molar-refractivity contribution >= 4 is 17.5 Å². The number of hydrogen-bond donors (Lipinski definition) is 0. The van der Waals surface area contributed by atoms with E-state index in [0.717, 1.165) is 38.2 Å². The number of amides is 1. The summed E-state index contributed by atoms with van der Waals surface area (Å²) in [5.41, 5.74) is 0.853. The zero-order chi connectivity index (χ0) is 16.2. The van der Waals surface area contributed by atoms with E-state index in [-0.39, 0.29) is 5.91 Å². The van der Waals surface area contributed by atoms with E-state index in [1.165, 1.54) is 0 Å². The van der Waals surface area contributed by atoms with Gasteiger partial charge in [0, 0.05) is 43.7 Å². The summed E-state index contributed by atoms with van der Waals surface area (Å²) in [5.74, 6) is 1.22. The molecule has 0 atom stereocenters. The molecule has 1 aliphatic rings. The molecule has 1 amide bonds. The van der Waals surface area contributed by atoms with Crippen LogP contribution in [0.2, 0.25) is 5.02 Å². The first-order valence-electron chi connectivity index (χ1n) is 7.68.